The van der Waals surface area contributed by atoms with Gasteiger partial charge >= 0.3 is 0 Å². The van der Waals surface area contributed by atoms with Gasteiger partial charge in [0.25, 0.3) is 0 Å². The number of hydrogen-bond acceptors (Lipinski definition) is 4. The van der Waals surface area contributed by atoms with Gasteiger partial charge in [-0.1, -0.05) is 0 Å². The molecule has 0 fully saturated rings. The summed E-state index contributed by atoms with van der Waals surface area (Å²) >= 11 is 0. The maximum atomic E-state index is 9.09. The monoisotopic (exact) mass is 248 g/mol. The normalized spacial score (nSPS) is 9.89. The van der Waals surface area contributed by atoms with Crippen LogP contribution in [0.1, 0.15) is 24.8 Å². The lowest BCUT2D eigenvalue weighted by Crippen LogP contribution is -2.19. The number of benzene rings is 1. The highest BCUT2D eigenvalue weighted by Gasteiger charge is 2.08. The van der Waals surface area contributed by atoms with Gasteiger partial charge in [0.15, 0.2) is 0 Å². The third-order valence-corrected chi connectivity index (χ3v) is 2.89. The second kappa shape index (κ2) is 7.57. The minimum Gasteiger partial charge on any atom is -0.497 e. The molecule has 18 heavy (non-hydrogen) atoms. The van der Waals surface area contributed by atoms with Crippen molar-refractivity contribution in [3.63, 3.8) is 0 Å². The van der Waals surface area contributed by atoms with Gasteiger partial charge < -0.3 is 14.7 Å². The predicted molar refractivity (Wildman–Crippen MR) is 71.9 cm³/mol. The van der Waals surface area contributed by atoms with Gasteiger partial charge in [-0.05, 0) is 31.4 Å². The van der Waals surface area contributed by atoms with Crippen molar-refractivity contribution in [2.45, 2.75) is 19.3 Å². The minimum absolute atomic E-state index is 0.242. The van der Waals surface area contributed by atoms with Gasteiger partial charge in [0.1, 0.15) is 11.8 Å². The van der Waals surface area contributed by atoms with E-state index < -0.39 is 0 Å². The summed E-state index contributed by atoms with van der Waals surface area (Å²) in [6, 6.07) is 7.64. The first-order valence-electron chi connectivity index (χ1n) is 6.13. The second-order valence-corrected chi connectivity index (χ2v) is 4.20. The number of aliphatic hydroxyl groups is 1. The summed E-state index contributed by atoms with van der Waals surface area (Å²) < 4.78 is 5.18. The van der Waals surface area contributed by atoms with Crippen molar-refractivity contribution in [2.24, 2.45) is 0 Å². The molecule has 0 aliphatic heterocycles. The van der Waals surface area contributed by atoms with E-state index in [0.29, 0.717) is 5.56 Å². The van der Waals surface area contributed by atoms with Crippen LogP contribution in [0, 0.1) is 11.3 Å². The molecule has 0 amide bonds. The summed E-state index contributed by atoms with van der Waals surface area (Å²) in [5.74, 6) is 0.756. The Kier molecular flexibility index (Phi) is 6.03. The van der Waals surface area contributed by atoms with Crippen molar-refractivity contribution in [3.8, 4) is 11.8 Å². The van der Waals surface area contributed by atoms with Crippen molar-refractivity contribution in [2.75, 3.05) is 32.2 Å². The molecule has 1 rings (SSSR count). The Labute approximate surface area is 108 Å². The van der Waals surface area contributed by atoms with Gasteiger partial charge in [0, 0.05) is 26.3 Å². The molecule has 0 spiro atoms. The molecule has 98 valence electrons. The van der Waals surface area contributed by atoms with E-state index in [1.807, 2.05) is 13.1 Å². The van der Waals surface area contributed by atoms with Gasteiger partial charge in [-0.3, -0.25) is 0 Å². The number of ether oxygens (including phenoxy) is 1. The highest BCUT2D eigenvalue weighted by Crippen LogP contribution is 2.25. The SMILES string of the molecule is COc1ccc(C#N)c(N(C)CCCCCO)c1. The lowest BCUT2D eigenvalue weighted by molar-refractivity contribution is 0.283. The Morgan fingerprint density at radius 1 is 1.33 bits per heavy atom. The molecule has 0 saturated carbocycles. The first kappa shape index (κ1) is 14.3. The minimum atomic E-state index is 0.242. The molecular formula is C14H20N2O2. The average Bonchev–Trinajstić information content (AvgIpc) is 2.42. The Morgan fingerprint density at radius 2 is 2.11 bits per heavy atom. The van der Waals surface area contributed by atoms with E-state index >= 15 is 0 Å². The number of rotatable bonds is 7. The fraction of sp³-hybridized carbons (Fsp3) is 0.500. The Morgan fingerprint density at radius 3 is 2.72 bits per heavy atom. The zero-order chi connectivity index (χ0) is 13.4. The second-order valence-electron chi connectivity index (χ2n) is 4.20. The molecule has 0 aliphatic carbocycles. The van der Waals surface area contributed by atoms with Crippen molar-refractivity contribution >= 4 is 5.69 Å². The fourth-order valence-electron chi connectivity index (χ4n) is 1.81. The lowest BCUT2D eigenvalue weighted by Gasteiger charge is -2.21. The summed E-state index contributed by atoms with van der Waals surface area (Å²) in [6.07, 6.45) is 2.82. The van der Waals surface area contributed by atoms with Crippen LogP contribution in [0.25, 0.3) is 0 Å². The average molecular weight is 248 g/mol. The largest absolute Gasteiger partial charge is 0.497 e. The molecule has 1 aromatic rings. The molecule has 0 atom stereocenters. The number of aliphatic hydroxyl groups excluding tert-OH is 1. The van der Waals surface area contributed by atoms with E-state index in [4.69, 9.17) is 15.1 Å². The van der Waals surface area contributed by atoms with Crippen LogP contribution in [0.15, 0.2) is 18.2 Å². The van der Waals surface area contributed by atoms with Crippen LogP contribution >= 0.6 is 0 Å². The van der Waals surface area contributed by atoms with E-state index in [2.05, 4.69) is 11.0 Å². The Bertz CT molecular complexity index is 413. The zero-order valence-corrected chi connectivity index (χ0v) is 11.0. The van der Waals surface area contributed by atoms with Crippen molar-refractivity contribution in [1.82, 2.24) is 0 Å². The highest BCUT2D eigenvalue weighted by molar-refractivity contribution is 5.61. The number of nitrogens with zero attached hydrogens (tertiary/aromatic N) is 2. The number of nitriles is 1. The molecule has 0 heterocycles. The number of anilines is 1. The van der Waals surface area contributed by atoms with E-state index in [1.54, 1.807) is 19.2 Å². The Hall–Kier alpha value is -1.73. The van der Waals surface area contributed by atoms with Crippen molar-refractivity contribution in [3.05, 3.63) is 23.8 Å². The molecule has 1 aromatic carbocycles. The highest BCUT2D eigenvalue weighted by atomic mass is 16.5. The van der Waals surface area contributed by atoms with Gasteiger partial charge in [0.2, 0.25) is 0 Å². The van der Waals surface area contributed by atoms with Gasteiger partial charge in [0.05, 0.1) is 18.4 Å². The molecule has 4 nitrogen and oxygen atoms in total. The maximum absolute atomic E-state index is 9.09. The molecule has 0 radical (unpaired) electrons. The number of unbranched alkanes of at least 4 members (excludes halogenated alkanes) is 2. The van der Waals surface area contributed by atoms with Crippen molar-refractivity contribution in [1.29, 1.82) is 5.26 Å². The first-order chi connectivity index (χ1) is 8.72. The van der Waals surface area contributed by atoms with Crippen LogP contribution in [-0.2, 0) is 0 Å². The third kappa shape index (κ3) is 3.94. The molecule has 1 N–H and O–H groups in total. The smallest absolute Gasteiger partial charge is 0.121 e. The lowest BCUT2D eigenvalue weighted by atomic mass is 10.1. The summed E-state index contributed by atoms with van der Waals surface area (Å²) in [6.45, 7) is 1.11. The van der Waals surface area contributed by atoms with E-state index in [9.17, 15) is 0 Å². The molecule has 0 bridgehead atoms. The van der Waals surface area contributed by atoms with Crippen LogP contribution in [0.3, 0.4) is 0 Å². The van der Waals surface area contributed by atoms with Crippen LogP contribution in [0.2, 0.25) is 0 Å². The summed E-state index contributed by atoms with van der Waals surface area (Å²) in [5, 5.41) is 17.8. The molecule has 0 aliphatic rings. The van der Waals surface area contributed by atoms with E-state index in [1.165, 1.54) is 0 Å². The van der Waals surface area contributed by atoms with Crippen LogP contribution in [0.4, 0.5) is 5.69 Å². The Balaban J connectivity index is 2.70. The fourth-order valence-corrected chi connectivity index (χ4v) is 1.81. The first-order valence-corrected chi connectivity index (χ1v) is 6.13. The molecule has 4 heteroatoms. The van der Waals surface area contributed by atoms with Gasteiger partial charge in [-0.2, -0.15) is 5.26 Å². The topological polar surface area (TPSA) is 56.5 Å². The quantitative estimate of drug-likeness (QED) is 0.751. The third-order valence-electron chi connectivity index (χ3n) is 2.89. The van der Waals surface area contributed by atoms with Gasteiger partial charge in [-0.15, -0.1) is 0 Å². The van der Waals surface area contributed by atoms with E-state index in [0.717, 1.165) is 37.2 Å². The van der Waals surface area contributed by atoms with Crippen molar-refractivity contribution < 1.29 is 9.84 Å². The zero-order valence-electron chi connectivity index (χ0n) is 11.0. The summed E-state index contributed by atoms with van der Waals surface area (Å²) in [4.78, 5) is 2.05. The van der Waals surface area contributed by atoms with Gasteiger partial charge in [-0.25, -0.2) is 0 Å². The van der Waals surface area contributed by atoms with Crippen LogP contribution < -0.4 is 9.64 Å². The van der Waals surface area contributed by atoms with Crippen LogP contribution in [0.5, 0.6) is 5.75 Å². The van der Waals surface area contributed by atoms with E-state index in [-0.39, 0.29) is 6.61 Å². The maximum Gasteiger partial charge on any atom is 0.121 e. The molecule has 0 unspecified atom stereocenters. The standard InChI is InChI=1S/C14H20N2O2/c1-16(8-4-3-5-9-17)14-10-13(18-2)7-6-12(14)11-15/h6-7,10,17H,3-5,8-9H2,1-2H3. The predicted octanol–water partition coefficient (Wildman–Crippen LogP) is 2.17. The molecule has 0 saturated heterocycles. The summed E-state index contributed by atoms with van der Waals surface area (Å²) in [7, 11) is 3.58. The molecular weight excluding hydrogens is 228 g/mol. The molecule has 0 aromatic heterocycles. The van der Waals surface area contributed by atoms with Crippen LogP contribution in [-0.4, -0.2) is 32.4 Å². The number of methoxy groups -OCH3 is 1. The summed E-state index contributed by atoms with van der Waals surface area (Å²) in [5.41, 5.74) is 1.54. The number of hydrogen-bond donors (Lipinski definition) is 1.